The molecule has 144 valence electrons. The minimum atomic E-state index is -0.372. The zero-order chi connectivity index (χ0) is 19.9. The summed E-state index contributed by atoms with van der Waals surface area (Å²) in [5, 5.41) is 5.82. The Labute approximate surface area is 162 Å². The van der Waals surface area contributed by atoms with Crippen molar-refractivity contribution in [3.05, 3.63) is 77.4 Å². The highest BCUT2D eigenvalue weighted by molar-refractivity contribution is 6.03. The van der Waals surface area contributed by atoms with Gasteiger partial charge in [0, 0.05) is 12.7 Å². The Bertz CT molecular complexity index is 978. The summed E-state index contributed by atoms with van der Waals surface area (Å²) in [6.45, 7) is 2.37. The third-order valence-corrected chi connectivity index (χ3v) is 4.13. The van der Waals surface area contributed by atoms with Gasteiger partial charge in [0.25, 0.3) is 5.91 Å². The quantitative estimate of drug-likeness (QED) is 0.651. The van der Waals surface area contributed by atoms with Crippen LogP contribution in [0.1, 0.15) is 21.6 Å². The van der Waals surface area contributed by atoms with Crippen LogP contribution in [0.3, 0.4) is 0 Å². The van der Waals surface area contributed by atoms with Crippen LogP contribution in [0.4, 0.5) is 16.0 Å². The van der Waals surface area contributed by atoms with Gasteiger partial charge in [-0.3, -0.25) is 4.79 Å². The van der Waals surface area contributed by atoms with E-state index in [1.807, 2.05) is 19.1 Å². The number of anilines is 2. The van der Waals surface area contributed by atoms with Gasteiger partial charge in [-0.05, 0) is 48.7 Å². The van der Waals surface area contributed by atoms with Crippen LogP contribution in [-0.2, 0) is 6.42 Å². The van der Waals surface area contributed by atoms with E-state index in [1.54, 1.807) is 31.4 Å². The number of amides is 1. The Morgan fingerprint density at radius 3 is 2.79 bits per heavy atom. The highest BCUT2D eigenvalue weighted by atomic mass is 19.1. The molecule has 6 nitrogen and oxygen atoms in total. The summed E-state index contributed by atoms with van der Waals surface area (Å²) in [7, 11) is 1.54. The third-order valence-electron chi connectivity index (χ3n) is 4.13. The zero-order valence-electron chi connectivity index (χ0n) is 15.7. The molecule has 0 fully saturated rings. The van der Waals surface area contributed by atoms with Gasteiger partial charge < -0.3 is 15.4 Å². The lowest BCUT2D eigenvalue weighted by atomic mass is 10.1. The van der Waals surface area contributed by atoms with Crippen LogP contribution in [0.25, 0.3) is 0 Å². The Balaban J connectivity index is 1.65. The number of aryl methyl sites for hydroxylation is 1. The van der Waals surface area contributed by atoms with Crippen LogP contribution in [0.5, 0.6) is 5.75 Å². The predicted molar refractivity (Wildman–Crippen MR) is 106 cm³/mol. The van der Waals surface area contributed by atoms with Gasteiger partial charge in [-0.15, -0.1) is 0 Å². The first-order chi connectivity index (χ1) is 13.6. The summed E-state index contributed by atoms with van der Waals surface area (Å²) in [5.74, 6) is 0.255. The maximum Gasteiger partial charge on any atom is 0.274 e. The number of ether oxygens (including phenoxy) is 1. The molecule has 0 saturated carbocycles. The number of benzene rings is 2. The van der Waals surface area contributed by atoms with E-state index in [0.717, 1.165) is 5.56 Å². The number of rotatable bonds is 7. The van der Waals surface area contributed by atoms with E-state index in [4.69, 9.17) is 4.74 Å². The molecule has 0 aliphatic rings. The first kappa shape index (κ1) is 19.3. The molecule has 3 rings (SSSR count). The highest BCUT2D eigenvalue weighted by Gasteiger charge is 2.12. The molecule has 28 heavy (non-hydrogen) atoms. The number of hydrogen-bond acceptors (Lipinski definition) is 5. The summed E-state index contributed by atoms with van der Waals surface area (Å²) in [6, 6.07) is 13.6. The normalized spacial score (nSPS) is 10.4. The maximum absolute atomic E-state index is 13.7. The Morgan fingerprint density at radius 2 is 2.00 bits per heavy atom. The fourth-order valence-corrected chi connectivity index (χ4v) is 2.69. The average Bonchev–Trinajstić information content (AvgIpc) is 2.70. The van der Waals surface area contributed by atoms with Crippen LogP contribution >= 0.6 is 0 Å². The van der Waals surface area contributed by atoms with Gasteiger partial charge in [0.1, 0.15) is 17.3 Å². The molecule has 0 saturated heterocycles. The molecule has 7 heteroatoms. The Morgan fingerprint density at radius 1 is 1.18 bits per heavy atom. The van der Waals surface area contributed by atoms with Gasteiger partial charge in [0.15, 0.2) is 0 Å². The van der Waals surface area contributed by atoms with Crippen molar-refractivity contribution in [1.82, 2.24) is 9.97 Å². The number of hydrogen-bond donors (Lipinski definition) is 2. The Hall–Kier alpha value is -3.48. The SMILES string of the molecule is COc1ccc(C)cc1NC(=O)c1ccnc(NCCc2ccccc2F)n1. The number of carbonyl (C=O) groups is 1. The smallest absolute Gasteiger partial charge is 0.274 e. The second-order valence-corrected chi connectivity index (χ2v) is 6.19. The van der Waals surface area contributed by atoms with Crippen molar-refractivity contribution in [3.8, 4) is 5.75 Å². The van der Waals surface area contributed by atoms with Crippen LogP contribution in [-0.4, -0.2) is 29.5 Å². The monoisotopic (exact) mass is 380 g/mol. The number of nitrogens with zero attached hydrogens (tertiary/aromatic N) is 2. The van der Waals surface area contributed by atoms with Crippen LogP contribution in [0, 0.1) is 12.7 Å². The molecule has 3 aromatic rings. The first-order valence-corrected chi connectivity index (χ1v) is 8.83. The molecule has 1 amide bonds. The average molecular weight is 380 g/mol. The van der Waals surface area contributed by atoms with E-state index in [9.17, 15) is 9.18 Å². The number of aromatic nitrogens is 2. The Kier molecular flexibility index (Phi) is 6.16. The molecule has 1 aromatic heterocycles. The molecule has 0 aliphatic heterocycles. The fraction of sp³-hybridized carbons (Fsp3) is 0.190. The van der Waals surface area contributed by atoms with Gasteiger partial charge in [-0.2, -0.15) is 0 Å². The molecule has 0 bridgehead atoms. The van der Waals surface area contributed by atoms with Crippen molar-refractivity contribution in [2.24, 2.45) is 0 Å². The zero-order valence-corrected chi connectivity index (χ0v) is 15.7. The van der Waals surface area contributed by atoms with Gasteiger partial charge >= 0.3 is 0 Å². The predicted octanol–water partition coefficient (Wildman–Crippen LogP) is 3.84. The summed E-state index contributed by atoms with van der Waals surface area (Å²) in [6.07, 6.45) is 1.98. The molecule has 0 radical (unpaired) electrons. The molecule has 0 spiro atoms. The maximum atomic E-state index is 13.7. The van der Waals surface area contributed by atoms with Crippen LogP contribution < -0.4 is 15.4 Å². The summed E-state index contributed by atoms with van der Waals surface area (Å²) in [5.41, 5.74) is 2.39. The van der Waals surface area contributed by atoms with Crippen molar-refractivity contribution in [2.75, 3.05) is 24.3 Å². The lowest BCUT2D eigenvalue weighted by molar-refractivity contribution is 0.102. The fourth-order valence-electron chi connectivity index (χ4n) is 2.69. The van der Waals surface area contributed by atoms with Crippen molar-refractivity contribution in [2.45, 2.75) is 13.3 Å². The molecule has 1 heterocycles. The van der Waals surface area contributed by atoms with E-state index in [-0.39, 0.29) is 17.4 Å². The molecule has 0 unspecified atom stereocenters. The second kappa shape index (κ2) is 8.94. The lowest BCUT2D eigenvalue weighted by Crippen LogP contribution is -2.16. The van der Waals surface area contributed by atoms with E-state index in [1.165, 1.54) is 18.3 Å². The molecular formula is C21H21FN4O2. The molecule has 2 N–H and O–H groups in total. The van der Waals surface area contributed by atoms with Gasteiger partial charge in [-0.1, -0.05) is 24.3 Å². The summed E-state index contributed by atoms with van der Waals surface area (Å²) in [4.78, 5) is 20.9. The number of halogens is 1. The minimum absolute atomic E-state index is 0.215. The highest BCUT2D eigenvalue weighted by Crippen LogP contribution is 2.25. The van der Waals surface area contributed by atoms with Crippen molar-refractivity contribution in [3.63, 3.8) is 0 Å². The molecular weight excluding hydrogens is 359 g/mol. The van der Waals surface area contributed by atoms with Crippen molar-refractivity contribution < 1.29 is 13.9 Å². The van der Waals surface area contributed by atoms with E-state index in [2.05, 4.69) is 20.6 Å². The van der Waals surface area contributed by atoms with Gasteiger partial charge in [0.2, 0.25) is 5.95 Å². The molecule has 0 aliphatic carbocycles. The van der Waals surface area contributed by atoms with Gasteiger partial charge in [0.05, 0.1) is 12.8 Å². The summed E-state index contributed by atoms with van der Waals surface area (Å²) < 4.78 is 18.9. The summed E-state index contributed by atoms with van der Waals surface area (Å²) >= 11 is 0. The molecule has 2 aromatic carbocycles. The molecule has 0 atom stereocenters. The number of carbonyl (C=O) groups excluding carboxylic acids is 1. The standard InChI is InChI=1S/C21H21FN4O2/c1-14-7-8-19(28-2)18(13-14)25-20(27)17-10-12-24-21(26-17)23-11-9-15-5-3-4-6-16(15)22/h3-8,10,12-13H,9,11H2,1-2H3,(H,25,27)(H,23,24,26). The van der Waals surface area contributed by atoms with E-state index >= 15 is 0 Å². The van der Waals surface area contributed by atoms with Crippen LogP contribution in [0.2, 0.25) is 0 Å². The number of nitrogens with one attached hydrogen (secondary N) is 2. The second-order valence-electron chi connectivity index (χ2n) is 6.19. The van der Waals surface area contributed by atoms with Crippen molar-refractivity contribution in [1.29, 1.82) is 0 Å². The first-order valence-electron chi connectivity index (χ1n) is 8.83. The minimum Gasteiger partial charge on any atom is -0.495 e. The van der Waals surface area contributed by atoms with Gasteiger partial charge in [-0.25, -0.2) is 14.4 Å². The lowest BCUT2D eigenvalue weighted by Gasteiger charge is -2.11. The number of methoxy groups -OCH3 is 1. The van der Waals surface area contributed by atoms with Crippen LogP contribution in [0.15, 0.2) is 54.7 Å². The van der Waals surface area contributed by atoms with Crippen molar-refractivity contribution >= 4 is 17.5 Å². The third kappa shape index (κ3) is 4.82. The van der Waals surface area contributed by atoms with E-state index < -0.39 is 0 Å². The van der Waals surface area contributed by atoms with E-state index in [0.29, 0.717) is 35.9 Å². The largest absolute Gasteiger partial charge is 0.495 e. The topological polar surface area (TPSA) is 76.1 Å².